The lowest BCUT2D eigenvalue weighted by Gasteiger charge is -2.31. The maximum Gasteiger partial charge on any atom is 0.262 e. The number of rotatable bonds is 7. The molecule has 10 nitrogen and oxygen atoms in total. The number of fused-ring (bicyclic) bond motifs is 1. The van der Waals surface area contributed by atoms with Crippen LogP contribution in [0.4, 0.5) is 0 Å². The number of carbonyl (C=O) groups is 2. The highest BCUT2D eigenvalue weighted by atomic mass is 16.2. The van der Waals surface area contributed by atoms with E-state index in [2.05, 4.69) is 20.2 Å². The van der Waals surface area contributed by atoms with Gasteiger partial charge in [0.25, 0.3) is 5.56 Å². The Morgan fingerprint density at radius 2 is 1.94 bits per heavy atom. The molecule has 1 aliphatic heterocycles. The second-order valence-electron chi connectivity index (χ2n) is 8.69. The Labute approximate surface area is 185 Å². The number of amides is 1. The van der Waals surface area contributed by atoms with Crippen molar-refractivity contribution in [2.75, 3.05) is 13.1 Å². The van der Waals surface area contributed by atoms with Crippen molar-refractivity contribution in [3.05, 3.63) is 40.3 Å². The van der Waals surface area contributed by atoms with Crippen LogP contribution in [0.5, 0.6) is 0 Å². The zero-order valence-electron chi connectivity index (χ0n) is 18.7. The molecule has 0 aromatic carbocycles. The topological polar surface area (TPSA) is 119 Å². The lowest BCUT2D eigenvalue weighted by atomic mass is 9.90. The SMILES string of the molecule is CC(C)n1cc(C(=O)C2CCN(C(=O)CCCc3nc4c(cnn4C)c(=O)[nH]3)CC2)cn1. The minimum absolute atomic E-state index is 0.0660. The Morgan fingerprint density at radius 1 is 1.19 bits per heavy atom. The lowest BCUT2D eigenvalue weighted by Crippen LogP contribution is -2.40. The van der Waals surface area contributed by atoms with Crippen molar-refractivity contribution in [3.63, 3.8) is 0 Å². The molecule has 0 aliphatic carbocycles. The van der Waals surface area contributed by atoms with Gasteiger partial charge in [0.2, 0.25) is 5.91 Å². The summed E-state index contributed by atoms with van der Waals surface area (Å²) < 4.78 is 3.36. The number of nitrogens with one attached hydrogen (secondary N) is 1. The predicted octanol–water partition coefficient (Wildman–Crippen LogP) is 1.88. The molecular formula is C22H29N7O3. The standard InChI is InChI=1S/C22H29N7O3/c1-14(2)29-13-16(11-24-29)20(31)15-7-9-28(10-8-15)19(30)6-4-5-18-25-21-17(22(32)26-18)12-23-27(21)3/h11-15H,4-10H2,1-3H3,(H,25,26,32). The maximum atomic E-state index is 12.8. The molecule has 1 saturated heterocycles. The molecule has 170 valence electrons. The van der Waals surface area contributed by atoms with Gasteiger partial charge in [0.15, 0.2) is 11.4 Å². The summed E-state index contributed by atoms with van der Waals surface area (Å²) in [4.78, 5) is 46.6. The van der Waals surface area contributed by atoms with Crippen molar-refractivity contribution in [2.45, 2.75) is 52.0 Å². The average Bonchev–Trinajstić information content (AvgIpc) is 3.41. The van der Waals surface area contributed by atoms with Gasteiger partial charge in [-0.05, 0) is 33.1 Å². The summed E-state index contributed by atoms with van der Waals surface area (Å²) in [6.45, 7) is 5.22. The number of likely N-dealkylation sites (tertiary alicyclic amines) is 1. The molecule has 3 aromatic heterocycles. The number of aromatic nitrogens is 6. The van der Waals surface area contributed by atoms with E-state index in [1.165, 1.54) is 6.20 Å². The molecule has 4 heterocycles. The first-order chi connectivity index (χ1) is 15.3. The van der Waals surface area contributed by atoms with Gasteiger partial charge in [0, 0.05) is 51.1 Å². The van der Waals surface area contributed by atoms with E-state index in [0.29, 0.717) is 67.6 Å². The van der Waals surface area contributed by atoms with E-state index in [1.54, 1.807) is 22.6 Å². The summed E-state index contributed by atoms with van der Waals surface area (Å²) in [5.41, 5.74) is 0.978. The lowest BCUT2D eigenvalue weighted by molar-refractivity contribution is -0.132. The van der Waals surface area contributed by atoms with E-state index < -0.39 is 0 Å². The molecule has 3 aromatic rings. The highest BCUT2D eigenvalue weighted by Crippen LogP contribution is 2.23. The van der Waals surface area contributed by atoms with E-state index in [1.807, 2.05) is 24.9 Å². The van der Waals surface area contributed by atoms with Crippen LogP contribution in [-0.2, 0) is 18.3 Å². The Hall–Kier alpha value is -3.30. The van der Waals surface area contributed by atoms with Gasteiger partial charge in [0.1, 0.15) is 11.2 Å². The molecule has 10 heteroatoms. The zero-order valence-corrected chi connectivity index (χ0v) is 18.7. The number of ketones is 1. The van der Waals surface area contributed by atoms with E-state index in [9.17, 15) is 14.4 Å². The number of aryl methyl sites for hydroxylation is 2. The summed E-state index contributed by atoms with van der Waals surface area (Å²) in [6, 6.07) is 0.218. The van der Waals surface area contributed by atoms with Gasteiger partial charge in [-0.2, -0.15) is 10.2 Å². The number of Topliss-reactive ketones (excluding diaryl/α,β-unsaturated/α-hetero) is 1. The van der Waals surface area contributed by atoms with Crippen molar-refractivity contribution >= 4 is 22.7 Å². The average molecular weight is 440 g/mol. The minimum Gasteiger partial charge on any atom is -0.343 e. The number of carbonyl (C=O) groups excluding carboxylic acids is 2. The van der Waals surface area contributed by atoms with Crippen LogP contribution in [0.15, 0.2) is 23.4 Å². The van der Waals surface area contributed by atoms with Crippen LogP contribution in [-0.4, -0.2) is 59.2 Å². The normalized spacial score (nSPS) is 15.1. The third kappa shape index (κ3) is 4.49. The zero-order chi connectivity index (χ0) is 22.8. The molecule has 0 radical (unpaired) electrons. The van der Waals surface area contributed by atoms with Crippen LogP contribution in [0.3, 0.4) is 0 Å². The van der Waals surface area contributed by atoms with E-state index in [-0.39, 0.29) is 29.2 Å². The smallest absolute Gasteiger partial charge is 0.262 e. The van der Waals surface area contributed by atoms with Gasteiger partial charge < -0.3 is 9.88 Å². The van der Waals surface area contributed by atoms with Crippen LogP contribution in [0.1, 0.15) is 61.8 Å². The summed E-state index contributed by atoms with van der Waals surface area (Å²) in [7, 11) is 1.74. The fraction of sp³-hybridized carbons (Fsp3) is 0.545. The highest BCUT2D eigenvalue weighted by molar-refractivity contribution is 5.97. The molecule has 1 N–H and O–H groups in total. The number of piperidine rings is 1. The molecule has 4 rings (SSSR count). The third-order valence-corrected chi connectivity index (χ3v) is 6.09. The second-order valence-corrected chi connectivity index (χ2v) is 8.69. The van der Waals surface area contributed by atoms with Crippen molar-refractivity contribution in [2.24, 2.45) is 13.0 Å². The largest absolute Gasteiger partial charge is 0.343 e. The van der Waals surface area contributed by atoms with Crippen LogP contribution in [0.2, 0.25) is 0 Å². The van der Waals surface area contributed by atoms with Crippen LogP contribution >= 0.6 is 0 Å². The molecule has 0 spiro atoms. The Bertz CT molecular complexity index is 1180. The molecule has 1 fully saturated rings. The fourth-order valence-electron chi connectivity index (χ4n) is 4.14. The molecule has 0 bridgehead atoms. The molecule has 0 unspecified atom stereocenters. The number of nitrogens with zero attached hydrogens (tertiary/aromatic N) is 6. The first-order valence-corrected chi connectivity index (χ1v) is 11.1. The molecule has 1 aliphatic rings. The van der Waals surface area contributed by atoms with Crippen LogP contribution in [0.25, 0.3) is 11.0 Å². The molecule has 32 heavy (non-hydrogen) atoms. The van der Waals surface area contributed by atoms with Crippen molar-refractivity contribution in [3.8, 4) is 0 Å². The first kappa shape index (κ1) is 21.9. The second kappa shape index (κ2) is 9.05. The van der Waals surface area contributed by atoms with Crippen molar-refractivity contribution in [1.82, 2.24) is 34.4 Å². The van der Waals surface area contributed by atoms with Crippen molar-refractivity contribution < 1.29 is 9.59 Å². The van der Waals surface area contributed by atoms with Crippen LogP contribution < -0.4 is 5.56 Å². The van der Waals surface area contributed by atoms with Gasteiger partial charge in [-0.15, -0.1) is 0 Å². The molecule has 1 amide bonds. The number of aromatic amines is 1. The number of hydrogen-bond donors (Lipinski definition) is 1. The summed E-state index contributed by atoms with van der Waals surface area (Å²) >= 11 is 0. The third-order valence-electron chi connectivity index (χ3n) is 6.09. The van der Waals surface area contributed by atoms with Gasteiger partial charge in [-0.25, -0.2) is 4.98 Å². The van der Waals surface area contributed by atoms with Gasteiger partial charge >= 0.3 is 0 Å². The van der Waals surface area contributed by atoms with Gasteiger partial charge in [-0.3, -0.25) is 23.7 Å². The molecular weight excluding hydrogens is 410 g/mol. The predicted molar refractivity (Wildman–Crippen MR) is 118 cm³/mol. The van der Waals surface area contributed by atoms with E-state index in [0.717, 1.165) is 0 Å². The summed E-state index contributed by atoms with van der Waals surface area (Å²) in [5, 5.41) is 8.77. The maximum absolute atomic E-state index is 12.8. The number of hydrogen-bond acceptors (Lipinski definition) is 6. The first-order valence-electron chi connectivity index (χ1n) is 11.1. The Kier molecular flexibility index (Phi) is 6.20. The summed E-state index contributed by atoms with van der Waals surface area (Å²) in [6.07, 6.45) is 7.78. The van der Waals surface area contributed by atoms with Gasteiger partial charge in [-0.1, -0.05) is 0 Å². The summed E-state index contributed by atoms with van der Waals surface area (Å²) in [5.74, 6) is 0.686. The number of H-pyrrole nitrogens is 1. The van der Waals surface area contributed by atoms with Crippen LogP contribution in [0, 0.1) is 5.92 Å². The minimum atomic E-state index is -0.213. The van der Waals surface area contributed by atoms with E-state index >= 15 is 0 Å². The van der Waals surface area contributed by atoms with E-state index in [4.69, 9.17) is 0 Å². The Morgan fingerprint density at radius 3 is 2.62 bits per heavy atom. The van der Waals surface area contributed by atoms with Crippen molar-refractivity contribution in [1.29, 1.82) is 0 Å². The monoisotopic (exact) mass is 439 g/mol. The molecule has 0 atom stereocenters. The molecule has 0 saturated carbocycles. The quantitative estimate of drug-likeness (QED) is 0.562. The highest BCUT2D eigenvalue weighted by Gasteiger charge is 2.28. The van der Waals surface area contributed by atoms with Gasteiger partial charge in [0.05, 0.1) is 18.0 Å². The Balaban J connectivity index is 1.26. The fourth-order valence-corrected chi connectivity index (χ4v) is 4.14.